The largest absolute Gasteiger partial charge is 0.316 e. The van der Waals surface area contributed by atoms with Crippen LogP contribution in [0.2, 0.25) is 0 Å². The van der Waals surface area contributed by atoms with E-state index in [9.17, 15) is 0 Å². The zero-order valence-corrected chi connectivity index (χ0v) is 12.5. The van der Waals surface area contributed by atoms with Crippen molar-refractivity contribution in [2.24, 2.45) is 0 Å². The second kappa shape index (κ2) is 3.86. The van der Waals surface area contributed by atoms with Gasteiger partial charge in [0.25, 0.3) is 0 Å². The van der Waals surface area contributed by atoms with Crippen molar-refractivity contribution in [3.8, 4) is 0 Å². The molecule has 1 aromatic rings. The van der Waals surface area contributed by atoms with E-state index < -0.39 is 0 Å². The van der Waals surface area contributed by atoms with Gasteiger partial charge in [-0.2, -0.15) is 0 Å². The molecular weight excluding hydrogens is 244 g/mol. The second-order valence-electron chi connectivity index (χ2n) is 8.01. The molecule has 4 aliphatic heterocycles. The van der Waals surface area contributed by atoms with Crippen molar-refractivity contribution in [1.29, 1.82) is 0 Å². The van der Waals surface area contributed by atoms with Crippen LogP contribution in [0.15, 0.2) is 12.1 Å². The van der Waals surface area contributed by atoms with Crippen molar-refractivity contribution in [2.45, 2.75) is 51.9 Å². The van der Waals surface area contributed by atoms with Crippen LogP contribution >= 0.6 is 0 Å². The maximum absolute atomic E-state index is 2.61. The fourth-order valence-electron chi connectivity index (χ4n) is 5.58. The molecular formula is C18H26N2+2. The first-order valence-corrected chi connectivity index (χ1v) is 8.60. The monoisotopic (exact) mass is 270 g/mol. The summed E-state index contributed by atoms with van der Waals surface area (Å²) in [6.07, 6.45) is 5.81. The highest BCUT2D eigenvalue weighted by atomic mass is 15.4. The van der Waals surface area contributed by atoms with E-state index in [-0.39, 0.29) is 0 Å². The third-order valence-electron chi connectivity index (χ3n) is 6.57. The van der Waals surface area contributed by atoms with Gasteiger partial charge in [-0.3, -0.25) is 0 Å². The summed E-state index contributed by atoms with van der Waals surface area (Å²) in [5, 5.41) is 0. The Morgan fingerprint density at radius 1 is 0.500 bits per heavy atom. The van der Waals surface area contributed by atoms with Gasteiger partial charge in [0.05, 0.1) is 26.2 Å². The number of hydrogen-bond donors (Lipinski definition) is 0. The number of rotatable bonds is 0. The summed E-state index contributed by atoms with van der Waals surface area (Å²) >= 11 is 0. The number of hydrogen-bond acceptors (Lipinski definition) is 0. The summed E-state index contributed by atoms with van der Waals surface area (Å²) in [7, 11) is 0. The van der Waals surface area contributed by atoms with Gasteiger partial charge in [0.15, 0.2) is 0 Å². The van der Waals surface area contributed by atoms with E-state index in [1.807, 2.05) is 0 Å². The third kappa shape index (κ3) is 1.58. The summed E-state index contributed by atoms with van der Waals surface area (Å²) in [4.78, 5) is 0. The van der Waals surface area contributed by atoms with Gasteiger partial charge in [0, 0.05) is 47.9 Å². The van der Waals surface area contributed by atoms with Gasteiger partial charge in [-0.15, -0.1) is 0 Å². The molecule has 2 saturated heterocycles. The molecule has 0 N–H and O–H groups in total. The fourth-order valence-corrected chi connectivity index (χ4v) is 5.58. The first-order chi connectivity index (χ1) is 9.76. The molecule has 20 heavy (non-hydrogen) atoms. The van der Waals surface area contributed by atoms with Gasteiger partial charge in [-0.05, 0) is 12.1 Å². The summed E-state index contributed by atoms with van der Waals surface area (Å²) in [5.74, 6) is 0. The number of nitrogens with zero attached hydrogens (tertiary/aromatic N) is 2. The highest BCUT2D eigenvalue weighted by Gasteiger charge is 2.43. The fraction of sp³-hybridized carbons (Fsp3) is 0.667. The van der Waals surface area contributed by atoms with E-state index in [1.165, 1.54) is 87.0 Å². The van der Waals surface area contributed by atoms with E-state index in [0.717, 1.165) is 0 Å². The number of fused-ring (bicyclic) bond motifs is 2. The molecule has 0 atom stereocenters. The predicted octanol–water partition coefficient (Wildman–Crippen LogP) is 2.94. The molecule has 0 aromatic heterocycles. The standard InChI is InChI=1S/C18H26N2/c1-2-6-19(5-1)11-15-9-17-13-20(7-3-4-8-20)14-18(17)10-16(15)12-19/h9-10H,1-8,11-14H2/q+2. The van der Waals surface area contributed by atoms with Crippen LogP contribution < -0.4 is 0 Å². The molecule has 2 heteroatoms. The minimum absolute atomic E-state index is 1.34. The normalized spacial score (nSPS) is 28.4. The van der Waals surface area contributed by atoms with Gasteiger partial charge >= 0.3 is 0 Å². The smallest absolute Gasteiger partial charge is 0.105 e. The van der Waals surface area contributed by atoms with Crippen LogP contribution in [0.25, 0.3) is 0 Å². The Hall–Kier alpha value is -0.860. The van der Waals surface area contributed by atoms with Crippen molar-refractivity contribution >= 4 is 0 Å². The maximum atomic E-state index is 2.61. The zero-order valence-electron chi connectivity index (χ0n) is 12.5. The lowest BCUT2D eigenvalue weighted by atomic mass is 10.0. The molecule has 5 rings (SSSR count). The molecule has 2 spiro atoms. The molecule has 1 aromatic carbocycles. The highest BCUT2D eigenvalue weighted by Crippen LogP contribution is 2.40. The van der Waals surface area contributed by atoms with Crippen LogP contribution in [-0.2, 0) is 26.2 Å². The Labute approximate surface area is 122 Å². The summed E-state index contributed by atoms with van der Waals surface area (Å²) < 4.78 is 2.77. The van der Waals surface area contributed by atoms with E-state index in [0.29, 0.717) is 0 Å². The van der Waals surface area contributed by atoms with Gasteiger partial charge < -0.3 is 8.97 Å². The molecule has 0 saturated carbocycles. The highest BCUT2D eigenvalue weighted by molar-refractivity contribution is 5.40. The molecule has 2 nitrogen and oxygen atoms in total. The molecule has 0 bridgehead atoms. The lowest BCUT2D eigenvalue weighted by Crippen LogP contribution is -2.39. The van der Waals surface area contributed by atoms with Crippen LogP contribution in [0.1, 0.15) is 47.9 Å². The Morgan fingerprint density at radius 3 is 1.10 bits per heavy atom. The van der Waals surface area contributed by atoms with Gasteiger partial charge in [-0.1, -0.05) is 0 Å². The van der Waals surface area contributed by atoms with Crippen molar-refractivity contribution in [3.05, 3.63) is 34.4 Å². The second-order valence-corrected chi connectivity index (χ2v) is 8.01. The molecule has 0 radical (unpaired) electrons. The van der Waals surface area contributed by atoms with Gasteiger partial charge in [0.2, 0.25) is 0 Å². The Bertz CT molecular complexity index is 477. The molecule has 0 amide bonds. The van der Waals surface area contributed by atoms with Crippen molar-refractivity contribution < 1.29 is 8.97 Å². The first kappa shape index (κ1) is 11.8. The van der Waals surface area contributed by atoms with Gasteiger partial charge in [-0.25, -0.2) is 0 Å². The molecule has 0 aliphatic carbocycles. The summed E-state index contributed by atoms with van der Waals surface area (Å²) in [5.41, 5.74) is 6.80. The summed E-state index contributed by atoms with van der Waals surface area (Å²) in [6.45, 7) is 11.1. The number of quaternary nitrogens is 2. The van der Waals surface area contributed by atoms with Crippen molar-refractivity contribution in [1.82, 2.24) is 0 Å². The van der Waals surface area contributed by atoms with E-state index in [4.69, 9.17) is 0 Å². The van der Waals surface area contributed by atoms with E-state index >= 15 is 0 Å². The lowest BCUT2D eigenvalue weighted by molar-refractivity contribution is -0.936. The van der Waals surface area contributed by atoms with E-state index in [1.54, 1.807) is 22.3 Å². The first-order valence-electron chi connectivity index (χ1n) is 8.60. The third-order valence-corrected chi connectivity index (χ3v) is 6.57. The van der Waals surface area contributed by atoms with Gasteiger partial charge in [0.1, 0.15) is 26.2 Å². The molecule has 0 unspecified atom stereocenters. The lowest BCUT2D eigenvalue weighted by Gasteiger charge is -2.29. The molecule has 106 valence electrons. The van der Waals surface area contributed by atoms with Crippen LogP contribution in [0.3, 0.4) is 0 Å². The molecule has 2 fully saturated rings. The van der Waals surface area contributed by atoms with Crippen LogP contribution in [0.4, 0.5) is 0 Å². The molecule has 4 aliphatic rings. The Kier molecular flexibility index (Phi) is 2.27. The summed E-state index contributed by atoms with van der Waals surface area (Å²) in [6, 6.07) is 5.22. The van der Waals surface area contributed by atoms with Crippen molar-refractivity contribution in [3.63, 3.8) is 0 Å². The van der Waals surface area contributed by atoms with E-state index in [2.05, 4.69) is 12.1 Å². The average Bonchev–Trinajstić information content (AvgIpc) is 3.16. The molecule has 4 heterocycles. The van der Waals surface area contributed by atoms with Crippen LogP contribution in [0, 0.1) is 0 Å². The minimum atomic E-state index is 1.34. The zero-order chi connectivity index (χ0) is 13.2. The SMILES string of the molecule is c1c2c(cc3c1C[N+]1(CCCC1)C3)C[N+]1(CCCC1)C2. The van der Waals surface area contributed by atoms with Crippen LogP contribution in [0.5, 0.6) is 0 Å². The van der Waals surface area contributed by atoms with Crippen molar-refractivity contribution in [2.75, 3.05) is 26.2 Å². The van der Waals surface area contributed by atoms with Crippen LogP contribution in [-0.4, -0.2) is 35.1 Å². The topological polar surface area (TPSA) is 0 Å². The number of benzene rings is 1. The Balaban J connectivity index is 1.48. The predicted molar refractivity (Wildman–Crippen MR) is 79.7 cm³/mol. The Morgan fingerprint density at radius 2 is 0.800 bits per heavy atom. The minimum Gasteiger partial charge on any atom is -0.316 e. The average molecular weight is 270 g/mol. The quantitative estimate of drug-likeness (QED) is 0.636. The maximum Gasteiger partial charge on any atom is 0.105 e.